The molecule has 2 saturated carbocycles. The van der Waals surface area contributed by atoms with Crippen molar-refractivity contribution in [3.05, 3.63) is 75.7 Å². The van der Waals surface area contributed by atoms with E-state index in [-0.39, 0.29) is 47.7 Å². The first-order valence-electron chi connectivity index (χ1n) is 20.3. The standard InChI is InChI=1S/C42H43ClFN9O6/c43-32-17-29(4-1-23(32)20-45)59-28-5-2-26(3-6-28)46-39(55)34-7-9-37(49-48-34)51-13-11-50(12-14-51)27-15-24-21-52(22-25(24)16-27)36-19-31-30(18-33(36)44)41(57)53(42(31)58)35-8-10-38(54)47-40(35)56/h1,4,7,9,17-19,24-28,35H,2-3,5-6,8,10-16,21-22H2,(H,46,55)(H,47,54,56)/t24-,25?,26?,27?,28?,35?/m1/s1. The average Bonchev–Trinajstić information content (AvgIpc) is 3.89. The van der Waals surface area contributed by atoms with Gasteiger partial charge in [-0.25, -0.2) is 4.39 Å². The Hall–Kier alpha value is -5.66. The molecule has 3 aromatic rings. The first kappa shape index (κ1) is 38.8. The molecule has 15 nitrogen and oxygen atoms in total. The second kappa shape index (κ2) is 15.8. The Labute approximate surface area is 344 Å². The molecule has 6 aliphatic rings. The highest BCUT2D eigenvalue weighted by Crippen LogP contribution is 2.43. The lowest BCUT2D eigenvalue weighted by atomic mass is 9.93. The molecule has 1 aromatic heterocycles. The number of nitrogens with zero attached hydrogens (tertiary/aromatic N) is 7. The lowest BCUT2D eigenvalue weighted by Crippen LogP contribution is -2.54. The molecular formula is C42H43ClFN9O6. The molecule has 5 fully saturated rings. The topological polar surface area (TPSA) is 181 Å². The molecule has 0 spiro atoms. The number of carbonyl (C=O) groups excluding carboxylic acids is 5. The van der Waals surface area contributed by atoms with Crippen molar-refractivity contribution in [3.63, 3.8) is 0 Å². The van der Waals surface area contributed by atoms with Gasteiger partial charge in [-0.1, -0.05) is 11.6 Å². The summed E-state index contributed by atoms with van der Waals surface area (Å²) in [6.07, 6.45) is 5.12. The van der Waals surface area contributed by atoms with Crippen molar-refractivity contribution in [1.82, 2.24) is 30.6 Å². The maximum Gasteiger partial charge on any atom is 0.272 e. The molecule has 59 heavy (non-hydrogen) atoms. The van der Waals surface area contributed by atoms with E-state index in [0.717, 1.165) is 81.5 Å². The van der Waals surface area contributed by atoms with Crippen LogP contribution in [0.1, 0.15) is 88.1 Å². The summed E-state index contributed by atoms with van der Waals surface area (Å²) >= 11 is 6.14. The third kappa shape index (κ3) is 7.57. The summed E-state index contributed by atoms with van der Waals surface area (Å²) in [5.74, 6) is -1.24. The predicted octanol–water partition coefficient (Wildman–Crippen LogP) is 3.70. The van der Waals surface area contributed by atoms with Crippen LogP contribution in [-0.2, 0) is 9.59 Å². The van der Waals surface area contributed by atoms with Gasteiger partial charge in [0.1, 0.15) is 23.7 Å². The first-order valence-corrected chi connectivity index (χ1v) is 20.7. The number of nitriles is 1. The van der Waals surface area contributed by atoms with E-state index in [2.05, 4.69) is 30.6 Å². The fourth-order valence-corrected chi connectivity index (χ4v) is 10.1. The number of nitrogens with one attached hydrogen (secondary N) is 2. The van der Waals surface area contributed by atoms with Crippen molar-refractivity contribution in [3.8, 4) is 11.8 Å². The van der Waals surface area contributed by atoms with E-state index in [9.17, 15) is 24.0 Å². The molecule has 4 aliphatic heterocycles. The number of anilines is 2. The van der Waals surface area contributed by atoms with E-state index in [1.54, 1.807) is 24.3 Å². The van der Waals surface area contributed by atoms with Crippen LogP contribution >= 0.6 is 11.6 Å². The van der Waals surface area contributed by atoms with Crippen molar-refractivity contribution in [2.75, 3.05) is 49.1 Å². The van der Waals surface area contributed by atoms with Gasteiger partial charge in [-0.3, -0.25) is 39.1 Å². The number of imide groups is 2. The number of piperidine rings is 1. The zero-order valence-corrected chi connectivity index (χ0v) is 33.0. The molecule has 5 heterocycles. The van der Waals surface area contributed by atoms with Crippen molar-refractivity contribution in [2.24, 2.45) is 11.8 Å². The summed E-state index contributed by atoms with van der Waals surface area (Å²) in [6, 6.07) is 12.6. The van der Waals surface area contributed by atoms with Crippen LogP contribution in [0.3, 0.4) is 0 Å². The van der Waals surface area contributed by atoms with Crippen LogP contribution in [0, 0.1) is 29.0 Å². The van der Waals surface area contributed by atoms with E-state index < -0.39 is 35.5 Å². The van der Waals surface area contributed by atoms with E-state index in [0.29, 0.717) is 53.0 Å². The lowest BCUT2D eigenvalue weighted by molar-refractivity contribution is -0.136. The largest absolute Gasteiger partial charge is 0.490 e. The van der Waals surface area contributed by atoms with E-state index in [1.807, 2.05) is 17.0 Å². The average molecular weight is 824 g/mol. The number of benzene rings is 2. The summed E-state index contributed by atoms with van der Waals surface area (Å²) < 4.78 is 21.6. The predicted molar refractivity (Wildman–Crippen MR) is 211 cm³/mol. The Bertz CT molecular complexity index is 2240. The van der Waals surface area contributed by atoms with Gasteiger partial charge in [-0.15, -0.1) is 10.2 Å². The number of ether oxygens (including phenoxy) is 1. The third-order valence-corrected chi connectivity index (χ3v) is 13.3. The van der Waals surface area contributed by atoms with Crippen LogP contribution < -0.4 is 25.2 Å². The Morgan fingerprint density at radius 3 is 2.24 bits per heavy atom. The van der Waals surface area contributed by atoms with Crippen LogP contribution in [0.4, 0.5) is 15.9 Å². The minimum absolute atomic E-state index is 0.00508. The molecule has 5 amide bonds. The van der Waals surface area contributed by atoms with Crippen LogP contribution in [0.5, 0.6) is 5.75 Å². The molecule has 4 atom stereocenters. The van der Waals surface area contributed by atoms with Gasteiger partial charge in [0.25, 0.3) is 17.7 Å². The van der Waals surface area contributed by atoms with Crippen LogP contribution in [0.15, 0.2) is 42.5 Å². The van der Waals surface area contributed by atoms with Crippen molar-refractivity contribution >= 4 is 52.6 Å². The molecule has 0 radical (unpaired) electrons. The highest BCUT2D eigenvalue weighted by molar-refractivity contribution is 6.31. The minimum Gasteiger partial charge on any atom is -0.490 e. The maximum atomic E-state index is 15.6. The zero-order valence-electron chi connectivity index (χ0n) is 32.2. The number of hydrogen-bond donors (Lipinski definition) is 2. The number of carbonyl (C=O) groups is 5. The SMILES string of the molecule is N#Cc1ccc(OC2CCC(NC(=O)c3ccc(N4CCN(C5CC6CN(c7cc8c(cc7F)C(=O)N(C7CCC(=O)NC7=O)C8=O)C[C@H]6C5)CC4)nn3)CC2)cc1Cl. The number of aromatic nitrogens is 2. The lowest BCUT2D eigenvalue weighted by Gasteiger charge is -2.39. The van der Waals surface area contributed by atoms with Crippen molar-refractivity contribution in [1.29, 1.82) is 5.26 Å². The van der Waals surface area contributed by atoms with Gasteiger partial charge in [-0.2, -0.15) is 5.26 Å². The van der Waals surface area contributed by atoms with Gasteiger partial charge < -0.3 is 19.9 Å². The van der Waals surface area contributed by atoms with Crippen molar-refractivity contribution in [2.45, 2.75) is 75.6 Å². The Morgan fingerprint density at radius 2 is 1.59 bits per heavy atom. The molecule has 2 aromatic carbocycles. The molecular weight excluding hydrogens is 781 g/mol. The molecule has 2 aliphatic carbocycles. The molecule has 306 valence electrons. The summed E-state index contributed by atoms with van der Waals surface area (Å²) in [7, 11) is 0. The van der Waals surface area contributed by atoms with Gasteiger partial charge in [0, 0.05) is 63.8 Å². The van der Waals surface area contributed by atoms with Gasteiger partial charge in [0.05, 0.1) is 33.5 Å². The summed E-state index contributed by atoms with van der Waals surface area (Å²) in [5, 5.41) is 23.4. The molecule has 9 rings (SSSR count). The zero-order chi connectivity index (χ0) is 40.9. The third-order valence-electron chi connectivity index (χ3n) is 13.0. The molecule has 3 saturated heterocycles. The quantitative estimate of drug-likeness (QED) is 0.315. The first-order chi connectivity index (χ1) is 28.5. The Morgan fingerprint density at radius 1 is 0.881 bits per heavy atom. The summed E-state index contributed by atoms with van der Waals surface area (Å²) in [6.45, 7) is 4.58. The Balaban J connectivity index is 0.727. The van der Waals surface area contributed by atoms with Gasteiger partial charge >= 0.3 is 0 Å². The summed E-state index contributed by atoms with van der Waals surface area (Å²) in [4.78, 5) is 71.2. The fraction of sp³-hybridized carbons (Fsp3) is 0.476. The van der Waals surface area contributed by atoms with Crippen LogP contribution in [0.2, 0.25) is 5.02 Å². The van der Waals surface area contributed by atoms with Crippen LogP contribution in [-0.4, -0.2) is 113 Å². The van der Waals surface area contributed by atoms with E-state index >= 15 is 4.39 Å². The van der Waals surface area contributed by atoms with E-state index in [1.165, 1.54) is 6.07 Å². The molecule has 0 bridgehead atoms. The summed E-state index contributed by atoms with van der Waals surface area (Å²) in [5.41, 5.74) is 1.00. The van der Waals surface area contributed by atoms with Gasteiger partial charge in [-0.05, 0) is 93.2 Å². The van der Waals surface area contributed by atoms with Gasteiger partial charge in [0.15, 0.2) is 11.5 Å². The number of rotatable bonds is 8. The normalized spacial score (nSPS) is 27.0. The maximum absolute atomic E-state index is 15.6. The molecule has 17 heteroatoms. The smallest absolute Gasteiger partial charge is 0.272 e. The second-order valence-electron chi connectivity index (χ2n) is 16.5. The monoisotopic (exact) mass is 823 g/mol. The molecule has 2 N–H and O–H groups in total. The highest BCUT2D eigenvalue weighted by atomic mass is 35.5. The number of hydrogen-bond acceptors (Lipinski definition) is 12. The number of fused-ring (bicyclic) bond motifs is 2. The second-order valence-corrected chi connectivity index (χ2v) is 16.9. The number of halogens is 2. The van der Waals surface area contributed by atoms with E-state index in [4.69, 9.17) is 21.6 Å². The minimum atomic E-state index is -1.10. The fourth-order valence-electron chi connectivity index (χ4n) is 9.85. The highest BCUT2D eigenvalue weighted by Gasteiger charge is 2.47. The van der Waals surface area contributed by atoms with Crippen molar-refractivity contribution < 1.29 is 33.1 Å². The van der Waals surface area contributed by atoms with Gasteiger partial charge in [0.2, 0.25) is 11.8 Å². The number of piperazine rings is 1. The molecule has 3 unspecified atom stereocenters. The number of amides is 5. The Kier molecular flexibility index (Phi) is 10.4. The van der Waals surface area contributed by atoms with Crippen LogP contribution in [0.25, 0.3) is 0 Å².